The Morgan fingerprint density at radius 2 is 1.53 bits per heavy atom. The summed E-state index contributed by atoms with van der Waals surface area (Å²) in [6, 6.07) is 18.7. The molecule has 0 bridgehead atoms. The van der Waals surface area contributed by atoms with E-state index >= 15 is 4.39 Å². The standard InChI is InChI=1S/C33H41F/c1-3-5-7-9-25-10-12-26(13-11-25)14-15-27-16-19-29(20-17-27)31-23-21-30-24-28(8-6-4-2)18-22-32(30)33(31)34/h4,16-26H,2-3,5-15H2,1H3. The monoisotopic (exact) mass is 456 g/mol. The van der Waals surface area contributed by atoms with Crippen molar-refractivity contribution in [3.8, 4) is 11.1 Å². The average molecular weight is 457 g/mol. The van der Waals surface area contributed by atoms with Gasteiger partial charge in [0, 0.05) is 10.9 Å². The minimum atomic E-state index is -0.115. The average Bonchev–Trinajstić information content (AvgIpc) is 2.88. The summed E-state index contributed by atoms with van der Waals surface area (Å²) in [5.41, 5.74) is 4.27. The van der Waals surface area contributed by atoms with E-state index in [0.29, 0.717) is 10.9 Å². The van der Waals surface area contributed by atoms with Crippen molar-refractivity contribution in [3.05, 3.63) is 84.2 Å². The lowest BCUT2D eigenvalue weighted by Crippen LogP contribution is -2.15. The molecule has 1 saturated carbocycles. The van der Waals surface area contributed by atoms with E-state index in [4.69, 9.17) is 0 Å². The summed E-state index contributed by atoms with van der Waals surface area (Å²) in [6.07, 6.45) is 17.5. The molecule has 0 N–H and O–H groups in total. The van der Waals surface area contributed by atoms with Gasteiger partial charge >= 0.3 is 0 Å². The van der Waals surface area contributed by atoms with Crippen molar-refractivity contribution >= 4 is 10.8 Å². The summed E-state index contributed by atoms with van der Waals surface area (Å²) in [4.78, 5) is 0. The maximum atomic E-state index is 15.3. The molecule has 0 atom stereocenters. The molecule has 0 spiro atoms. The first kappa shape index (κ1) is 24.7. The first-order chi connectivity index (χ1) is 16.7. The predicted molar refractivity (Wildman–Crippen MR) is 146 cm³/mol. The van der Waals surface area contributed by atoms with E-state index in [1.165, 1.54) is 68.9 Å². The highest BCUT2D eigenvalue weighted by Crippen LogP contribution is 2.35. The maximum Gasteiger partial charge on any atom is 0.138 e. The number of rotatable bonds is 11. The molecule has 0 amide bonds. The van der Waals surface area contributed by atoms with Crippen LogP contribution in [0.15, 0.2) is 67.3 Å². The van der Waals surface area contributed by atoms with Gasteiger partial charge in [0.15, 0.2) is 0 Å². The van der Waals surface area contributed by atoms with Crippen LogP contribution in [0, 0.1) is 17.7 Å². The van der Waals surface area contributed by atoms with E-state index in [1.54, 1.807) is 0 Å². The molecule has 0 nitrogen and oxygen atoms in total. The molecule has 34 heavy (non-hydrogen) atoms. The van der Waals surface area contributed by atoms with Crippen molar-refractivity contribution in [2.75, 3.05) is 0 Å². The second kappa shape index (κ2) is 12.3. The van der Waals surface area contributed by atoms with Crippen LogP contribution in [0.2, 0.25) is 0 Å². The van der Waals surface area contributed by atoms with Crippen LogP contribution >= 0.6 is 0 Å². The Balaban J connectivity index is 1.33. The van der Waals surface area contributed by atoms with Crippen LogP contribution in [-0.2, 0) is 12.8 Å². The Morgan fingerprint density at radius 3 is 2.24 bits per heavy atom. The van der Waals surface area contributed by atoms with Crippen molar-refractivity contribution in [1.82, 2.24) is 0 Å². The molecule has 3 aromatic carbocycles. The summed E-state index contributed by atoms with van der Waals surface area (Å²) in [5, 5.41) is 1.67. The van der Waals surface area contributed by atoms with E-state index in [2.05, 4.69) is 49.9 Å². The van der Waals surface area contributed by atoms with E-state index in [-0.39, 0.29) is 5.82 Å². The Hall–Kier alpha value is -2.41. The molecule has 1 aliphatic rings. The second-order valence-electron chi connectivity index (χ2n) is 10.4. The van der Waals surface area contributed by atoms with Crippen LogP contribution < -0.4 is 0 Å². The number of hydrogen-bond acceptors (Lipinski definition) is 0. The Morgan fingerprint density at radius 1 is 0.824 bits per heavy atom. The number of aryl methyl sites for hydroxylation is 2. The highest BCUT2D eigenvalue weighted by molar-refractivity contribution is 5.88. The predicted octanol–water partition coefficient (Wildman–Crippen LogP) is 10.1. The molecule has 180 valence electrons. The smallest absolute Gasteiger partial charge is 0.138 e. The Bertz CT molecular complexity index is 1050. The number of benzene rings is 3. The van der Waals surface area contributed by atoms with E-state index in [9.17, 15) is 0 Å². The van der Waals surface area contributed by atoms with Gasteiger partial charge in [-0.05, 0) is 59.6 Å². The molecular weight excluding hydrogens is 415 g/mol. The van der Waals surface area contributed by atoms with Gasteiger partial charge in [-0.25, -0.2) is 4.39 Å². The van der Waals surface area contributed by atoms with Gasteiger partial charge in [-0.1, -0.05) is 119 Å². The largest absolute Gasteiger partial charge is 0.206 e. The Kier molecular flexibility index (Phi) is 8.97. The lowest BCUT2D eigenvalue weighted by Gasteiger charge is -2.28. The van der Waals surface area contributed by atoms with Crippen molar-refractivity contribution in [2.45, 2.75) is 84.0 Å². The lowest BCUT2D eigenvalue weighted by molar-refractivity contribution is 0.249. The van der Waals surface area contributed by atoms with Crippen molar-refractivity contribution in [1.29, 1.82) is 0 Å². The van der Waals surface area contributed by atoms with Gasteiger partial charge in [-0.2, -0.15) is 0 Å². The summed E-state index contributed by atoms with van der Waals surface area (Å²) in [6.45, 7) is 6.09. The molecule has 0 unspecified atom stereocenters. The van der Waals surface area contributed by atoms with Crippen molar-refractivity contribution in [2.24, 2.45) is 11.8 Å². The van der Waals surface area contributed by atoms with Crippen LogP contribution in [-0.4, -0.2) is 0 Å². The van der Waals surface area contributed by atoms with Gasteiger partial charge in [0.2, 0.25) is 0 Å². The third-order valence-electron chi connectivity index (χ3n) is 7.94. The molecule has 1 aliphatic carbocycles. The number of fused-ring (bicyclic) bond motifs is 1. The highest BCUT2D eigenvalue weighted by atomic mass is 19.1. The highest BCUT2D eigenvalue weighted by Gasteiger charge is 2.20. The topological polar surface area (TPSA) is 0 Å². The molecule has 4 rings (SSSR count). The van der Waals surface area contributed by atoms with Crippen LogP contribution in [0.5, 0.6) is 0 Å². The van der Waals surface area contributed by atoms with E-state index in [0.717, 1.165) is 42.0 Å². The van der Waals surface area contributed by atoms with Crippen LogP contribution in [0.25, 0.3) is 21.9 Å². The molecule has 0 heterocycles. The fraction of sp³-hybridized carbons (Fsp3) is 0.455. The fourth-order valence-electron chi connectivity index (χ4n) is 5.70. The molecule has 1 heteroatoms. The number of allylic oxidation sites excluding steroid dienone is 1. The van der Waals surface area contributed by atoms with E-state index in [1.807, 2.05) is 24.3 Å². The molecule has 0 saturated heterocycles. The van der Waals surface area contributed by atoms with Gasteiger partial charge in [0.05, 0.1) is 0 Å². The molecule has 0 radical (unpaired) electrons. The number of unbranched alkanes of at least 4 members (excludes halogenated alkanes) is 2. The summed E-state index contributed by atoms with van der Waals surface area (Å²) >= 11 is 0. The van der Waals surface area contributed by atoms with Gasteiger partial charge in [0.1, 0.15) is 5.82 Å². The van der Waals surface area contributed by atoms with Gasteiger partial charge in [0.25, 0.3) is 0 Å². The zero-order valence-electron chi connectivity index (χ0n) is 21.0. The van der Waals surface area contributed by atoms with Crippen LogP contribution in [0.4, 0.5) is 4.39 Å². The zero-order chi connectivity index (χ0) is 23.8. The van der Waals surface area contributed by atoms with Crippen molar-refractivity contribution < 1.29 is 4.39 Å². The minimum Gasteiger partial charge on any atom is -0.206 e. The fourth-order valence-corrected chi connectivity index (χ4v) is 5.70. The molecule has 0 aliphatic heterocycles. The van der Waals surface area contributed by atoms with Gasteiger partial charge in [-0.15, -0.1) is 6.58 Å². The van der Waals surface area contributed by atoms with Crippen molar-refractivity contribution in [3.63, 3.8) is 0 Å². The lowest BCUT2D eigenvalue weighted by atomic mass is 9.78. The van der Waals surface area contributed by atoms with Gasteiger partial charge < -0.3 is 0 Å². The molecule has 1 fully saturated rings. The van der Waals surface area contributed by atoms with Crippen LogP contribution in [0.1, 0.15) is 82.3 Å². The summed E-state index contributed by atoms with van der Waals surface area (Å²) in [5.74, 6) is 1.75. The molecule has 0 aromatic heterocycles. The third kappa shape index (κ3) is 6.38. The first-order valence-corrected chi connectivity index (χ1v) is 13.6. The second-order valence-corrected chi connectivity index (χ2v) is 10.4. The van der Waals surface area contributed by atoms with E-state index < -0.39 is 0 Å². The third-order valence-corrected chi connectivity index (χ3v) is 7.94. The summed E-state index contributed by atoms with van der Waals surface area (Å²) < 4.78 is 15.3. The quantitative estimate of drug-likeness (QED) is 0.199. The molecular formula is C33H41F. The Labute approximate surface area is 206 Å². The first-order valence-electron chi connectivity index (χ1n) is 13.6. The van der Waals surface area contributed by atoms with Gasteiger partial charge in [-0.3, -0.25) is 0 Å². The number of hydrogen-bond donors (Lipinski definition) is 0. The maximum absolute atomic E-state index is 15.3. The van der Waals surface area contributed by atoms with Crippen LogP contribution in [0.3, 0.4) is 0 Å². The zero-order valence-corrected chi connectivity index (χ0v) is 21.0. The minimum absolute atomic E-state index is 0.115. The SMILES string of the molecule is C=CCCc1ccc2c(F)c(-c3ccc(CCC4CCC(CCCCC)CC4)cc3)ccc2c1. The summed E-state index contributed by atoms with van der Waals surface area (Å²) in [7, 11) is 0. The number of halogens is 1. The normalized spacial score (nSPS) is 18.3. The molecule has 3 aromatic rings.